The minimum absolute atomic E-state index is 0.0550. The summed E-state index contributed by atoms with van der Waals surface area (Å²) in [4.78, 5) is 24.0. The molecular formula is C19H14F3N3O3. The van der Waals surface area contributed by atoms with Crippen molar-refractivity contribution in [3.8, 4) is 5.69 Å². The molecule has 1 amide bonds. The molecule has 0 aliphatic carbocycles. The smallest absolute Gasteiger partial charge is 0.416 e. The van der Waals surface area contributed by atoms with E-state index in [1.165, 1.54) is 48.3 Å². The highest BCUT2D eigenvalue weighted by molar-refractivity contribution is 6.05. The number of aromatic nitrogens is 2. The largest absolute Gasteiger partial charge is 0.465 e. The van der Waals surface area contributed by atoms with Gasteiger partial charge >= 0.3 is 12.1 Å². The number of hydrogen-bond acceptors (Lipinski definition) is 4. The summed E-state index contributed by atoms with van der Waals surface area (Å²) in [7, 11) is 1.23. The summed E-state index contributed by atoms with van der Waals surface area (Å²) in [6.45, 7) is 0. The lowest BCUT2D eigenvalue weighted by molar-refractivity contribution is -0.137. The van der Waals surface area contributed by atoms with Gasteiger partial charge in [-0.15, -0.1) is 0 Å². The van der Waals surface area contributed by atoms with Crippen LogP contribution in [0.1, 0.15) is 26.3 Å². The molecule has 0 unspecified atom stereocenters. The van der Waals surface area contributed by atoms with E-state index in [-0.39, 0.29) is 22.5 Å². The first kappa shape index (κ1) is 19.2. The number of alkyl halides is 3. The summed E-state index contributed by atoms with van der Waals surface area (Å²) in [5, 5.41) is 6.47. The molecule has 144 valence electrons. The van der Waals surface area contributed by atoms with Crippen molar-refractivity contribution in [3.05, 3.63) is 77.6 Å². The first-order valence-corrected chi connectivity index (χ1v) is 8.00. The number of ether oxygens (including phenoxy) is 1. The highest BCUT2D eigenvalue weighted by Gasteiger charge is 2.31. The monoisotopic (exact) mass is 389 g/mol. The number of amides is 1. The van der Waals surface area contributed by atoms with Crippen LogP contribution in [0.5, 0.6) is 0 Å². The fourth-order valence-electron chi connectivity index (χ4n) is 2.49. The summed E-state index contributed by atoms with van der Waals surface area (Å²) in [6, 6.07) is 10.1. The molecule has 1 N–H and O–H groups in total. The van der Waals surface area contributed by atoms with Crippen LogP contribution in [0.15, 0.2) is 60.9 Å². The SMILES string of the molecule is COC(=O)c1ccc(C(=O)Nc2cc(C(F)(F)F)ccc2-n2cccn2)cc1. The Labute approximate surface area is 157 Å². The van der Waals surface area contributed by atoms with Crippen molar-refractivity contribution < 1.29 is 27.5 Å². The van der Waals surface area contributed by atoms with Crippen molar-refractivity contribution in [1.29, 1.82) is 0 Å². The maximum absolute atomic E-state index is 13.1. The average Bonchev–Trinajstić information content (AvgIpc) is 3.21. The van der Waals surface area contributed by atoms with Gasteiger partial charge in [0.05, 0.1) is 29.6 Å². The molecule has 2 aromatic carbocycles. The van der Waals surface area contributed by atoms with Gasteiger partial charge in [-0.2, -0.15) is 18.3 Å². The van der Waals surface area contributed by atoms with Gasteiger partial charge in [-0.3, -0.25) is 4.79 Å². The lowest BCUT2D eigenvalue weighted by Gasteiger charge is -2.15. The molecule has 0 radical (unpaired) electrons. The minimum Gasteiger partial charge on any atom is -0.465 e. The van der Waals surface area contributed by atoms with E-state index in [9.17, 15) is 22.8 Å². The van der Waals surface area contributed by atoms with Gasteiger partial charge in [0.25, 0.3) is 5.91 Å². The Bertz CT molecular complexity index is 998. The molecule has 0 bridgehead atoms. The fraction of sp³-hybridized carbons (Fsp3) is 0.105. The first-order chi connectivity index (χ1) is 13.3. The van der Waals surface area contributed by atoms with Crippen molar-refractivity contribution in [2.24, 2.45) is 0 Å². The zero-order valence-corrected chi connectivity index (χ0v) is 14.5. The third-order valence-corrected chi connectivity index (χ3v) is 3.89. The fourth-order valence-corrected chi connectivity index (χ4v) is 2.49. The van der Waals surface area contributed by atoms with Crippen LogP contribution in [0.25, 0.3) is 5.69 Å². The third-order valence-electron chi connectivity index (χ3n) is 3.89. The molecule has 0 spiro atoms. The zero-order chi connectivity index (χ0) is 20.3. The van der Waals surface area contributed by atoms with Gasteiger partial charge in [0, 0.05) is 18.0 Å². The van der Waals surface area contributed by atoms with Gasteiger partial charge in [-0.25, -0.2) is 9.48 Å². The second-order valence-corrected chi connectivity index (χ2v) is 5.70. The lowest BCUT2D eigenvalue weighted by atomic mass is 10.1. The molecule has 1 aromatic heterocycles. The Balaban J connectivity index is 1.93. The van der Waals surface area contributed by atoms with Crippen molar-refractivity contribution in [2.45, 2.75) is 6.18 Å². The van der Waals surface area contributed by atoms with Crippen molar-refractivity contribution >= 4 is 17.6 Å². The van der Waals surface area contributed by atoms with E-state index in [2.05, 4.69) is 15.2 Å². The van der Waals surface area contributed by atoms with Crippen LogP contribution in [-0.4, -0.2) is 28.8 Å². The molecule has 3 rings (SSSR count). The summed E-state index contributed by atoms with van der Waals surface area (Å²) in [6.07, 6.45) is -1.55. The van der Waals surface area contributed by atoms with E-state index < -0.39 is 23.6 Å². The van der Waals surface area contributed by atoms with Crippen LogP contribution >= 0.6 is 0 Å². The van der Waals surface area contributed by atoms with Gasteiger partial charge in [0.1, 0.15) is 0 Å². The molecule has 0 saturated heterocycles. The number of esters is 1. The summed E-state index contributed by atoms with van der Waals surface area (Å²) in [5.41, 5.74) is -0.273. The zero-order valence-electron chi connectivity index (χ0n) is 14.5. The highest BCUT2D eigenvalue weighted by Crippen LogP contribution is 2.33. The van der Waals surface area contributed by atoms with Gasteiger partial charge in [0.15, 0.2) is 0 Å². The van der Waals surface area contributed by atoms with Crippen molar-refractivity contribution in [3.63, 3.8) is 0 Å². The number of methoxy groups -OCH3 is 1. The van der Waals surface area contributed by atoms with Crippen LogP contribution in [0.2, 0.25) is 0 Å². The predicted molar refractivity (Wildman–Crippen MR) is 94.3 cm³/mol. The normalized spacial score (nSPS) is 11.1. The standard InChI is InChI=1S/C19H14F3N3O3/c1-28-18(27)13-5-3-12(4-6-13)17(26)24-15-11-14(19(20,21)22)7-8-16(15)25-10-2-9-23-25/h2-11H,1H3,(H,24,26). The Morgan fingerprint density at radius 1 is 1.07 bits per heavy atom. The lowest BCUT2D eigenvalue weighted by Crippen LogP contribution is -2.16. The topological polar surface area (TPSA) is 73.2 Å². The van der Waals surface area contributed by atoms with E-state index in [1.54, 1.807) is 12.3 Å². The predicted octanol–water partition coefficient (Wildman–Crippen LogP) is 3.93. The Kier molecular flexibility index (Phi) is 5.16. The molecule has 1 heterocycles. The number of nitrogens with one attached hydrogen (secondary N) is 1. The van der Waals surface area contributed by atoms with E-state index in [1.807, 2.05) is 0 Å². The molecule has 9 heteroatoms. The summed E-state index contributed by atoms with van der Waals surface area (Å²) in [5.74, 6) is -1.20. The number of halogens is 3. The maximum atomic E-state index is 13.1. The third kappa shape index (κ3) is 4.03. The number of anilines is 1. The second kappa shape index (κ2) is 7.55. The maximum Gasteiger partial charge on any atom is 0.416 e. The Morgan fingerprint density at radius 2 is 1.75 bits per heavy atom. The van der Waals surface area contributed by atoms with Gasteiger partial charge < -0.3 is 10.1 Å². The molecular weight excluding hydrogens is 375 g/mol. The summed E-state index contributed by atoms with van der Waals surface area (Å²) < 4.78 is 45.2. The minimum atomic E-state index is -4.57. The number of carbonyl (C=O) groups is 2. The molecule has 0 fully saturated rings. The summed E-state index contributed by atoms with van der Waals surface area (Å²) >= 11 is 0. The van der Waals surface area contributed by atoms with Crippen molar-refractivity contribution in [2.75, 3.05) is 12.4 Å². The second-order valence-electron chi connectivity index (χ2n) is 5.70. The number of carbonyl (C=O) groups excluding carboxylic acids is 2. The van der Waals surface area contributed by atoms with Crippen LogP contribution in [0, 0.1) is 0 Å². The molecule has 0 aliphatic heterocycles. The number of hydrogen-bond donors (Lipinski definition) is 1. The average molecular weight is 389 g/mol. The number of benzene rings is 2. The molecule has 0 saturated carbocycles. The molecule has 0 aliphatic rings. The highest BCUT2D eigenvalue weighted by atomic mass is 19.4. The van der Waals surface area contributed by atoms with Crippen LogP contribution in [-0.2, 0) is 10.9 Å². The number of nitrogens with zero attached hydrogens (tertiary/aromatic N) is 2. The van der Waals surface area contributed by atoms with Gasteiger partial charge in [0.2, 0.25) is 0 Å². The van der Waals surface area contributed by atoms with Gasteiger partial charge in [-0.1, -0.05) is 0 Å². The van der Waals surface area contributed by atoms with E-state index >= 15 is 0 Å². The first-order valence-electron chi connectivity index (χ1n) is 8.00. The molecule has 3 aromatic rings. The molecule has 6 nitrogen and oxygen atoms in total. The quantitative estimate of drug-likeness (QED) is 0.687. The van der Waals surface area contributed by atoms with Crippen LogP contribution < -0.4 is 5.32 Å². The van der Waals surface area contributed by atoms with Crippen molar-refractivity contribution in [1.82, 2.24) is 9.78 Å². The van der Waals surface area contributed by atoms with Crippen LogP contribution in [0.3, 0.4) is 0 Å². The molecule has 28 heavy (non-hydrogen) atoms. The van der Waals surface area contributed by atoms with E-state index in [4.69, 9.17) is 0 Å². The Morgan fingerprint density at radius 3 is 2.32 bits per heavy atom. The number of rotatable bonds is 4. The Hall–Kier alpha value is -3.62. The van der Waals surface area contributed by atoms with Gasteiger partial charge in [-0.05, 0) is 48.5 Å². The van der Waals surface area contributed by atoms with E-state index in [0.717, 1.165) is 12.1 Å². The molecule has 0 atom stereocenters. The van der Waals surface area contributed by atoms with Crippen LogP contribution in [0.4, 0.5) is 18.9 Å². The van der Waals surface area contributed by atoms with E-state index in [0.29, 0.717) is 0 Å².